The van der Waals surface area contributed by atoms with E-state index in [4.69, 9.17) is 15.6 Å². The first-order valence-electron chi connectivity index (χ1n) is 11.2. The normalized spacial score (nSPS) is 44.3. The average Bonchev–Trinajstić information content (AvgIpc) is 2.96. The predicted molar refractivity (Wildman–Crippen MR) is 112 cm³/mol. The molecule has 0 aromatic rings. The van der Waals surface area contributed by atoms with Crippen LogP contribution in [0.2, 0.25) is 0 Å². The van der Waals surface area contributed by atoms with Gasteiger partial charge in [0.25, 0.3) is 0 Å². The van der Waals surface area contributed by atoms with E-state index in [2.05, 4.69) is 0 Å². The minimum absolute atomic E-state index is 0.0690. The van der Waals surface area contributed by atoms with E-state index in [1.54, 1.807) is 19.9 Å². The van der Waals surface area contributed by atoms with Crippen molar-refractivity contribution >= 4 is 17.5 Å². The van der Waals surface area contributed by atoms with Crippen LogP contribution in [0.3, 0.4) is 0 Å². The van der Waals surface area contributed by atoms with Crippen LogP contribution in [0.25, 0.3) is 0 Å². The van der Waals surface area contributed by atoms with Gasteiger partial charge in [-0.25, -0.2) is 9.18 Å². The van der Waals surface area contributed by atoms with E-state index in [-0.39, 0.29) is 18.6 Å². The van der Waals surface area contributed by atoms with Gasteiger partial charge >= 0.3 is 12.1 Å². The van der Waals surface area contributed by atoms with Gasteiger partial charge in [0.05, 0.1) is 18.8 Å². The lowest BCUT2D eigenvalue weighted by atomic mass is 9.44. The summed E-state index contributed by atoms with van der Waals surface area (Å²) >= 11 is 0. The highest BCUT2D eigenvalue weighted by molar-refractivity contribution is 6.01. The van der Waals surface area contributed by atoms with Crippen molar-refractivity contribution in [2.24, 2.45) is 28.4 Å². The zero-order chi connectivity index (χ0) is 26.8. The molecular formula is C23H29F4NO7. The Bertz CT molecular complexity index is 997. The maximum atomic E-state index is 16.8. The van der Waals surface area contributed by atoms with Crippen molar-refractivity contribution in [3.8, 4) is 0 Å². The summed E-state index contributed by atoms with van der Waals surface area (Å²) in [5.41, 5.74) is -0.350. The molecule has 0 amide bonds. The molecule has 0 saturated heterocycles. The van der Waals surface area contributed by atoms with Gasteiger partial charge in [-0.05, 0) is 50.7 Å². The van der Waals surface area contributed by atoms with E-state index in [0.29, 0.717) is 18.4 Å². The summed E-state index contributed by atoms with van der Waals surface area (Å²) < 4.78 is 48.5. The number of nitrogens with two attached hydrogens (primary N) is 1. The zero-order valence-electron chi connectivity index (χ0n) is 19.2. The maximum absolute atomic E-state index is 16.8. The third kappa shape index (κ3) is 3.68. The van der Waals surface area contributed by atoms with Crippen molar-refractivity contribution < 1.29 is 52.4 Å². The first kappa shape index (κ1) is 27.4. The van der Waals surface area contributed by atoms with E-state index in [1.165, 1.54) is 12.2 Å². The van der Waals surface area contributed by atoms with E-state index in [1.807, 2.05) is 0 Å². The number of aliphatic carboxylic acids is 1. The highest BCUT2D eigenvalue weighted by atomic mass is 19.4. The molecule has 6 N–H and O–H groups in total. The lowest BCUT2D eigenvalue weighted by molar-refractivity contribution is -0.221. The van der Waals surface area contributed by atoms with Crippen molar-refractivity contribution in [3.05, 3.63) is 23.8 Å². The Kier molecular flexibility index (Phi) is 6.63. The number of carboxylic acids is 1. The fourth-order valence-electron chi connectivity index (χ4n) is 6.88. The van der Waals surface area contributed by atoms with E-state index < -0.39 is 70.6 Å². The summed E-state index contributed by atoms with van der Waals surface area (Å²) in [4.78, 5) is 33.2. The number of ketones is 2. The first-order valence-corrected chi connectivity index (χ1v) is 11.2. The maximum Gasteiger partial charge on any atom is 0.490 e. The van der Waals surface area contributed by atoms with Crippen molar-refractivity contribution in [1.82, 2.24) is 0 Å². The van der Waals surface area contributed by atoms with Gasteiger partial charge in [-0.2, -0.15) is 13.2 Å². The molecule has 0 heterocycles. The highest BCUT2D eigenvalue weighted by Gasteiger charge is 2.76. The van der Waals surface area contributed by atoms with Gasteiger partial charge in [0.15, 0.2) is 22.8 Å². The minimum Gasteiger partial charge on any atom is -0.475 e. The number of rotatable bonds is 2. The molecule has 0 aromatic heterocycles. The number of fused-ring (bicyclic) bond motifs is 5. The lowest BCUT2D eigenvalue weighted by Crippen LogP contribution is -2.70. The predicted octanol–water partition coefficient (Wildman–Crippen LogP) is 1.22. The molecule has 3 fully saturated rings. The highest BCUT2D eigenvalue weighted by Crippen LogP contribution is 2.69. The number of aliphatic hydroxyl groups is 3. The summed E-state index contributed by atoms with van der Waals surface area (Å²) in [6.07, 6.45) is -2.81. The molecule has 0 aliphatic heterocycles. The minimum atomic E-state index is -5.08. The summed E-state index contributed by atoms with van der Waals surface area (Å²) in [6.45, 7) is 2.91. The van der Waals surface area contributed by atoms with Crippen LogP contribution >= 0.6 is 0 Å². The fraction of sp³-hybridized carbons (Fsp3) is 0.696. The number of hydrogen-bond acceptors (Lipinski definition) is 7. The van der Waals surface area contributed by atoms with Crippen molar-refractivity contribution in [2.45, 2.75) is 69.2 Å². The average molecular weight is 507 g/mol. The van der Waals surface area contributed by atoms with Gasteiger partial charge in [0, 0.05) is 16.7 Å². The molecule has 0 radical (unpaired) electrons. The number of carbonyl (C=O) groups is 3. The molecule has 0 aromatic carbocycles. The topological polar surface area (TPSA) is 158 Å². The SMILES string of the molecule is C[C@]12C=CC(=O)C=C1CC[C@H]1[C@@H]3C[C@@H](O)[C@](O)(C(=O)CN)[C@@]3(C)C[C@H](O)[C@@]12F.O=C(O)C(F)(F)F. The molecule has 4 aliphatic rings. The molecule has 35 heavy (non-hydrogen) atoms. The van der Waals surface area contributed by atoms with Crippen LogP contribution in [0.15, 0.2) is 23.8 Å². The molecule has 12 heteroatoms. The van der Waals surface area contributed by atoms with E-state index >= 15 is 4.39 Å². The van der Waals surface area contributed by atoms with Crippen LogP contribution in [-0.2, 0) is 14.4 Å². The summed E-state index contributed by atoms with van der Waals surface area (Å²) in [5.74, 6) is -4.80. The molecular weight excluding hydrogens is 478 g/mol. The van der Waals surface area contributed by atoms with E-state index in [0.717, 1.165) is 0 Å². The molecule has 8 atom stereocenters. The lowest BCUT2D eigenvalue weighted by Gasteiger charge is -2.62. The molecule has 0 bridgehead atoms. The number of aliphatic hydroxyl groups excluding tert-OH is 2. The van der Waals surface area contributed by atoms with Crippen molar-refractivity contribution in [1.29, 1.82) is 0 Å². The number of allylic oxidation sites excluding steroid dienone is 4. The number of hydrogen-bond donors (Lipinski definition) is 5. The molecule has 3 saturated carbocycles. The monoisotopic (exact) mass is 507 g/mol. The van der Waals surface area contributed by atoms with Gasteiger partial charge in [-0.15, -0.1) is 0 Å². The van der Waals surface area contributed by atoms with Crippen LogP contribution < -0.4 is 5.73 Å². The fourth-order valence-corrected chi connectivity index (χ4v) is 6.88. The molecule has 8 nitrogen and oxygen atoms in total. The molecule has 0 unspecified atom stereocenters. The summed E-state index contributed by atoms with van der Waals surface area (Å²) in [6, 6.07) is 0. The van der Waals surface area contributed by atoms with Crippen LogP contribution in [-0.4, -0.2) is 74.2 Å². The molecule has 0 spiro atoms. The number of Topliss-reactive ketones (excluding diaryl/α,β-unsaturated/α-hetero) is 1. The zero-order valence-corrected chi connectivity index (χ0v) is 19.2. The Morgan fingerprint density at radius 2 is 1.74 bits per heavy atom. The van der Waals surface area contributed by atoms with Crippen molar-refractivity contribution in [3.63, 3.8) is 0 Å². The smallest absolute Gasteiger partial charge is 0.475 e. The summed E-state index contributed by atoms with van der Waals surface area (Å²) in [5, 5.41) is 40.0. The standard InChI is InChI=1S/C21H28FNO5.C2HF3O2/c1-18-6-5-12(24)7-11(18)3-4-13-14-8-15(25)21(28,17(27)10-23)19(14,2)9-16(26)20(13,18)22;3-2(4,5)1(6)7/h5-7,13-16,25-26,28H,3-4,8-10,23H2,1-2H3;(H,6,7)/t13-,14-,15+,16-,18-,19-,20-,21-;/m0./s1. The second kappa shape index (κ2) is 8.46. The van der Waals surface area contributed by atoms with Crippen LogP contribution in [0.5, 0.6) is 0 Å². The van der Waals surface area contributed by atoms with E-state index in [9.17, 15) is 38.1 Å². The Morgan fingerprint density at radius 1 is 1.17 bits per heavy atom. The van der Waals surface area contributed by atoms with Crippen LogP contribution in [0, 0.1) is 22.7 Å². The quantitative estimate of drug-likeness (QED) is 0.349. The van der Waals surface area contributed by atoms with Gasteiger partial charge in [0.2, 0.25) is 0 Å². The third-order valence-electron chi connectivity index (χ3n) is 8.71. The Morgan fingerprint density at radius 3 is 2.26 bits per heavy atom. The van der Waals surface area contributed by atoms with Crippen LogP contribution in [0.1, 0.15) is 39.5 Å². The van der Waals surface area contributed by atoms with Gasteiger partial charge in [0.1, 0.15) is 0 Å². The Hall–Kier alpha value is -2.15. The van der Waals surface area contributed by atoms with Crippen LogP contribution in [0.4, 0.5) is 17.6 Å². The molecule has 4 rings (SSSR count). The second-order valence-electron chi connectivity index (χ2n) is 10.2. The second-order valence-corrected chi connectivity index (χ2v) is 10.2. The van der Waals surface area contributed by atoms with Gasteiger partial charge in [-0.1, -0.05) is 18.6 Å². The van der Waals surface area contributed by atoms with Gasteiger partial charge < -0.3 is 26.2 Å². The largest absolute Gasteiger partial charge is 0.490 e. The number of carboxylic acid groups (broad SMARTS) is 1. The van der Waals surface area contributed by atoms with Crippen molar-refractivity contribution in [2.75, 3.05) is 6.54 Å². The molecule has 4 aliphatic carbocycles. The number of carbonyl (C=O) groups excluding carboxylic acids is 2. The van der Waals surface area contributed by atoms with Gasteiger partial charge in [-0.3, -0.25) is 9.59 Å². The number of halogens is 4. The Labute approximate surface area is 198 Å². The third-order valence-corrected chi connectivity index (χ3v) is 8.71. The summed E-state index contributed by atoms with van der Waals surface area (Å²) in [7, 11) is 0. The molecule has 196 valence electrons. The Balaban J connectivity index is 0.000000429. The first-order chi connectivity index (χ1) is 15.9. The number of alkyl halides is 4.